The van der Waals surface area contributed by atoms with E-state index in [9.17, 15) is 18.0 Å². The summed E-state index contributed by atoms with van der Waals surface area (Å²) >= 11 is 0. The van der Waals surface area contributed by atoms with Gasteiger partial charge in [0.2, 0.25) is 0 Å². The van der Waals surface area contributed by atoms with Crippen LogP contribution in [0.15, 0.2) is 84.0 Å². The minimum Gasteiger partial charge on any atom is -0.457 e. The average Bonchev–Trinajstić information content (AvgIpc) is 2.73. The molecule has 0 saturated carbocycles. The van der Waals surface area contributed by atoms with Gasteiger partial charge in [-0.05, 0) is 48.0 Å². The zero-order valence-corrected chi connectivity index (χ0v) is 15.7. The predicted molar refractivity (Wildman–Crippen MR) is 109 cm³/mol. The first kappa shape index (κ1) is 20.9. The first-order chi connectivity index (χ1) is 14.4. The number of para-hydroxylation sites is 1. The molecule has 3 aromatic carbocycles. The summed E-state index contributed by atoms with van der Waals surface area (Å²) in [5, 5.41) is 6.49. The molecule has 0 unspecified atom stereocenters. The Balaban J connectivity index is 1.51. The summed E-state index contributed by atoms with van der Waals surface area (Å²) in [7, 11) is 0. The van der Waals surface area contributed by atoms with Gasteiger partial charge in [-0.15, -0.1) is 0 Å². The number of carbonyl (C=O) groups is 1. The van der Waals surface area contributed by atoms with Gasteiger partial charge in [0, 0.05) is 5.69 Å². The summed E-state index contributed by atoms with van der Waals surface area (Å²) in [6.45, 7) is -0.226. The van der Waals surface area contributed by atoms with Crippen LogP contribution in [0, 0.1) is 0 Å². The molecule has 0 aliphatic heterocycles. The van der Waals surface area contributed by atoms with E-state index in [1.54, 1.807) is 24.3 Å². The summed E-state index contributed by atoms with van der Waals surface area (Å²) in [4.78, 5) is 11.9. The molecule has 3 aromatic rings. The summed E-state index contributed by atoms with van der Waals surface area (Å²) in [6, 6.07) is 21.0. The van der Waals surface area contributed by atoms with Crippen LogP contribution < -0.4 is 15.5 Å². The number of carbonyl (C=O) groups excluding carboxylic acids is 1. The third-order valence-electron chi connectivity index (χ3n) is 3.88. The average molecular weight is 413 g/mol. The number of rotatable bonds is 7. The molecule has 0 spiro atoms. The van der Waals surface area contributed by atoms with E-state index >= 15 is 0 Å². The second-order valence-corrected chi connectivity index (χ2v) is 6.21. The molecule has 30 heavy (non-hydrogen) atoms. The van der Waals surface area contributed by atoms with Gasteiger partial charge >= 0.3 is 6.18 Å². The van der Waals surface area contributed by atoms with Gasteiger partial charge in [0.15, 0.2) is 0 Å². The highest BCUT2D eigenvalue weighted by molar-refractivity contribution is 5.84. The Morgan fingerprint density at radius 1 is 0.933 bits per heavy atom. The van der Waals surface area contributed by atoms with Crippen molar-refractivity contribution in [3.8, 4) is 11.5 Å². The molecule has 0 bridgehead atoms. The van der Waals surface area contributed by atoms with Crippen molar-refractivity contribution in [1.29, 1.82) is 0 Å². The number of anilines is 1. The number of hydrogen-bond donors (Lipinski definition) is 2. The van der Waals surface area contributed by atoms with Gasteiger partial charge in [-0.25, -0.2) is 5.43 Å². The van der Waals surface area contributed by atoms with Crippen LogP contribution in [-0.4, -0.2) is 18.7 Å². The largest absolute Gasteiger partial charge is 0.457 e. The lowest BCUT2D eigenvalue weighted by Gasteiger charge is -2.10. The van der Waals surface area contributed by atoms with E-state index in [0.717, 1.165) is 12.1 Å². The smallest absolute Gasteiger partial charge is 0.416 e. The fraction of sp³-hybridized carbons (Fsp3) is 0.0909. The zero-order chi connectivity index (χ0) is 21.4. The van der Waals surface area contributed by atoms with E-state index in [1.807, 2.05) is 30.3 Å². The number of hydrazone groups is 1. The second-order valence-electron chi connectivity index (χ2n) is 6.21. The first-order valence-corrected chi connectivity index (χ1v) is 8.96. The van der Waals surface area contributed by atoms with E-state index in [1.165, 1.54) is 18.3 Å². The molecule has 0 atom stereocenters. The van der Waals surface area contributed by atoms with Gasteiger partial charge in [0.1, 0.15) is 11.5 Å². The first-order valence-electron chi connectivity index (χ1n) is 8.96. The van der Waals surface area contributed by atoms with Crippen LogP contribution >= 0.6 is 0 Å². The van der Waals surface area contributed by atoms with Gasteiger partial charge in [-0.1, -0.05) is 36.4 Å². The molecule has 0 radical (unpaired) electrons. The highest BCUT2D eigenvalue weighted by Crippen LogP contribution is 2.30. The molecule has 5 nitrogen and oxygen atoms in total. The van der Waals surface area contributed by atoms with Gasteiger partial charge in [0.25, 0.3) is 5.91 Å². The van der Waals surface area contributed by atoms with Crippen LogP contribution in [0.2, 0.25) is 0 Å². The Bertz CT molecular complexity index is 1020. The molecule has 0 fully saturated rings. The van der Waals surface area contributed by atoms with Gasteiger partial charge in [-0.3, -0.25) is 4.79 Å². The van der Waals surface area contributed by atoms with Crippen molar-refractivity contribution in [3.63, 3.8) is 0 Å². The van der Waals surface area contributed by atoms with E-state index in [2.05, 4.69) is 15.8 Å². The Morgan fingerprint density at radius 2 is 1.67 bits per heavy atom. The fourth-order valence-electron chi connectivity index (χ4n) is 2.49. The van der Waals surface area contributed by atoms with Gasteiger partial charge in [-0.2, -0.15) is 18.3 Å². The lowest BCUT2D eigenvalue weighted by atomic mass is 10.2. The standard InChI is InChI=1S/C22H18F3N3O2/c23-22(24,25)17-7-5-8-18(13-17)26-15-21(29)28-27-14-16-6-4-11-20(12-16)30-19-9-2-1-3-10-19/h1-14,26H,15H2,(H,28,29)/b27-14+. The molecule has 1 amide bonds. The van der Waals surface area contributed by atoms with Gasteiger partial charge < -0.3 is 10.1 Å². The number of halogens is 3. The highest BCUT2D eigenvalue weighted by Gasteiger charge is 2.30. The normalized spacial score (nSPS) is 11.3. The molecule has 154 valence electrons. The summed E-state index contributed by atoms with van der Waals surface area (Å²) in [5.74, 6) is 0.809. The molecule has 8 heteroatoms. The van der Waals surface area contributed by atoms with E-state index in [-0.39, 0.29) is 12.2 Å². The number of ether oxygens (including phenoxy) is 1. The lowest BCUT2D eigenvalue weighted by Crippen LogP contribution is -2.26. The Labute approximate surface area is 171 Å². The van der Waals surface area contributed by atoms with Crippen molar-refractivity contribution in [2.24, 2.45) is 5.10 Å². The van der Waals surface area contributed by atoms with Crippen LogP contribution in [-0.2, 0) is 11.0 Å². The molecule has 0 aliphatic carbocycles. The molecule has 0 aromatic heterocycles. The van der Waals surface area contributed by atoms with Crippen molar-refractivity contribution in [2.75, 3.05) is 11.9 Å². The van der Waals surface area contributed by atoms with E-state index < -0.39 is 17.6 Å². The number of alkyl halides is 3. The highest BCUT2D eigenvalue weighted by atomic mass is 19.4. The Morgan fingerprint density at radius 3 is 2.43 bits per heavy atom. The van der Waals surface area contributed by atoms with Crippen molar-refractivity contribution in [1.82, 2.24) is 5.43 Å². The monoisotopic (exact) mass is 413 g/mol. The van der Waals surface area contributed by atoms with Crippen molar-refractivity contribution in [2.45, 2.75) is 6.18 Å². The minimum atomic E-state index is -4.44. The summed E-state index contributed by atoms with van der Waals surface area (Å²) in [6.07, 6.45) is -3.00. The second kappa shape index (κ2) is 9.60. The molecule has 0 saturated heterocycles. The number of nitrogens with zero attached hydrogens (tertiary/aromatic N) is 1. The molecule has 0 heterocycles. The Kier molecular flexibility index (Phi) is 6.69. The van der Waals surface area contributed by atoms with Crippen LogP contribution in [0.25, 0.3) is 0 Å². The topological polar surface area (TPSA) is 62.7 Å². The van der Waals surface area contributed by atoms with Crippen molar-refractivity contribution < 1.29 is 22.7 Å². The third-order valence-corrected chi connectivity index (χ3v) is 3.88. The van der Waals surface area contributed by atoms with Gasteiger partial charge in [0.05, 0.1) is 18.3 Å². The maximum atomic E-state index is 12.7. The van der Waals surface area contributed by atoms with Crippen LogP contribution in [0.5, 0.6) is 11.5 Å². The quantitative estimate of drug-likeness (QED) is 0.420. The van der Waals surface area contributed by atoms with Crippen LogP contribution in [0.4, 0.5) is 18.9 Å². The number of amides is 1. The molecular formula is C22H18F3N3O2. The summed E-state index contributed by atoms with van der Waals surface area (Å²) < 4.78 is 43.9. The van der Waals surface area contributed by atoms with E-state index in [4.69, 9.17) is 4.74 Å². The minimum absolute atomic E-state index is 0.190. The SMILES string of the molecule is O=C(CNc1cccc(C(F)(F)F)c1)N/N=C/c1cccc(Oc2ccccc2)c1. The van der Waals surface area contributed by atoms with Crippen LogP contribution in [0.1, 0.15) is 11.1 Å². The van der Waals surface area contributed by atoms with Crippen LogP contribution in [0.3, 0.4) is 0 Å². The lowest BCUT2D eigenvalue weighted by molar-refractivity contribution is -0.137. The molecule has 3 rings (SSSR count). The van der Waals surface area contributed by atoms with Crippen molar-refractivity contribution >= 4 is 17.8 Å². The number of benzene rings is 3. The Hall–Kier alpha value is -3.81. The maximum Gasteiger partial charge on any atom is 0.416 e. The third kappa shape index (κ3) is 6.37. The number of nitrogens with one attached hydrogen (secondary N) is 2. The molecule has 0 aliphatic rings. The molecular weight excluding hydrogens is 395 g/mol. The maximum absolute atomic E-state index is 12.7. The zero-order valence-electron chi connectivity index (χ0n) is 15.7. The van der Waals surface area contributed by atoms with E-state index in [0.29, 0.717) is 17.1 Å². The van der Waals surface area contributed by atoms with Crippen molar-refractivity contribution in [3.05, 3.63) is 90.0 Å². The summed E-state index contributed by atoms with van der Waals surface area (Å²) in [5.41, 5.74) is 2.42. The molecule has 2 N–H and O–H groups in total. The number of hydrogen-bond acceptors (Lipinski definition) is 4. The predicted octanol–water partition coefficient (Wildman–Crippen LogP) is 5.06. The fourth-order valence-corrected chi connectivity index (χ4v) is 2.49.